The van der Waals surface area contributed by atoms with Crippen LogP contribution in [0, 0.1) is 5.82 Å². The van der Waals surface area contributed by atoms with Crippen LogP contribution in [0.15, 0.2) is 28.8 Å². The van der Waals surface area contributed by atoms with Crippen LogP contribution in [0.25, 0.3) is 11.3 Å². The maximum Gasteiger partial charge on any atom is 0.209 e. The fourth-order valence-electron chi connectivity index (χ4n) is 1.19. The molecule has 0 saturated heterocycles. The summed E-state index contributed by atoms with van der Waals surface area (Å²) in [5, 5.41) is 0.341. The van der Waals surface area contributed by atoms with Crippen LogP contribution in [-0.2, 0) is 5.88 Å². The molecule has 0 aliphatic carbocycles. The zero-order valence-corrected chi connectivity index (χ0v) is 9.02. The average Bonchev–Trinajstić information content (AvgIpc) is 2.66. The van der Waals surface area contributed by atoms with Gasteiger partial charge in [0.2, 0.25) is 5.89 Å². The lowest BCUT2D eigenvalue weighted by atomic mass is 10.2. The van der Waals surface area contributed by atoms with E-state index in [2.05, 4.69) is 4.98 Å². The highest BCUT2D eigenvalue weighted by Gasteiger charge is 2.10. The maximum absolute atomic E-state index is 13.4. The molecule has 5 heteroatoms. The van der Waals surface area contributed by atoms with E-state index in [4.69, 9.17) is 27.6 Å². The van der Waals surface area contributed by atoms with E-state index in [1.807, 2.05) is 0 Å². The minimum atomic E-state index is -0.445. The van der Waals surface area contributed by atoms with E-state index in [0.29, 0.717) is 22.2 Å². The first-order chi connectivity index (χ1) is 7.20. The van der Waals surface area contributed by atoms with Crippen molar-refractivity contribution in [1.29, 1.82) is 0 Å². The number of aromatic nitrogens is 1. The van der Waals surface area contributed by atoms with Crippen LogP contribution in [0.4, 0.5) is 4.39 Å². The second-order valence-electron chi connectivity index (χ2n) is 2.88. The maximum atomic E-state index is 13.4. The van der Waals surface area contributed by atoms with E-state index in [-0.39, 0.29) is 5.88 Å². The third-order valence-electron chi connectivity index (χ3n) is 1.86. The van der Waals surface area contributed by atoms with E-state index in [0.717, 1.165) is 0 Å². The predicted molar refractivity (Wildman–Crippen MR) is 56.5 cm³/mol. The third kappa shape index (κ3) is 2.13. The Morgan fingerprint density at radius 2 is 2.20 bits per heavy atom. The fraction of sp³-hybridized carbons (Fsp3) is 0.100. The van der Waals surface area contributed by atoms with Gasteiger partial charge in [0.1, 0.15) is 5.82 Å². The van der Waals surface area contributed by atoms with Crippen LogP contribution in [0.3, 0.4) is 0 Å². The number of oxazole rings is 1. The van der Waals surface area contributed by atoms with Crippen molar-refractivity contribution in [2.75, 3.05) is 0 Å². The van der Waals surface area contributed by atoms with Crippen LogP contribution in [-0.4, -0.2) is 4.98 Å². The number of hydrogen-bond donors (Lipinski definition) is 0. The summed E-state index contributed by atoms with van der Waals surface area (Å²) >= 11 is 11.2. The van der Waals surface area contributed by atoms with Gasteiger partial charge in [0.15, 0.2) is 5.76 Å². The lowest BCUT2D eigenvalue weighted by molar-refractivity contribution is 0.523. The molecule has 0 fully saturated rings. The van der Waals surface area contributed by atoms with Crippen molar-refractivity contribution in [2.45, 2.75) is 5.88 Å². The smallest absolute Gasteiger partial charge is 0.209 e. The second kappa shape index (κ2) is 4.21. The van der Waals surface area contributed by atoms with E-state index in [1.54, 1.807) is 6.07 Å². The second-order valence-corrected chi connectivity index (χ2v) is 3.58. The van der Waals surface area contributed by atoms with Crippen LogP contribution in [0.2, 0.25) is 5.02 Å². The molecular weight excluding hydrogens is 240 g/mol. The molecule has 0 amide bonds. The molecule has 2 nitrogen and oxygen atoms in total. The van der Waals surface area contributed by atoms with Gasteiger partial charge < -0.3 is 4.42 Å². The topological polar surface area (TPSA) is 26.0 Å². The molecule has 0 N–H and O–H groups in total. The number of alkyl halides is 1. The van der Waals surface area contributed by atoms with E-state index in [1.165, 1.54) is 18.3 Å². The summed E-state index contributed by atoms with van der Waals surface area (Å²) in [4.78, 5) is 3.88. The van der Waals surface area contributed by atoms with Crippen molar-refractivity contribution in [2.24, 2.45) is 0 Å². The van der Waals surface area contributed by atoms with Gasteiger partial charge in [-0.25, -0.2) is 9.37 Å². The Kier molecular flexibility index (Phi) is 2.93. The first-order valence-corrected chi connectivity index (χ1v) is 5.08. The predicted octanol–water partition coefficient (Wildman–Crippen LogP) is 3.87. The van der Waals surface area contributed by atoms with E-state index in [9.17, 15) is 4.39 Å². The highest BCUT2D eigenvalue weighted by molar-refractivity contribution is 6.30. The summed E-state index contributed by atoms with van der Waals surface area (Å²) in [6.07, 6.45) is 1.43. The summed E-state index contributed by atoms with van der Waals surface area (Å²) in [5.74, 6) is 0.426. The van der Waals surface area contributed by atoms with Gasteiger partial charge >= 0.3 is 0 Å². The molecule has 2 aromatic rings. The molecule has 1 aromatic heterocycles. The van der Waals surface area contributed by atoms with Gasteiger partial charge in [-0.05, 0) is 18.2 Å². The van der Waals surface area contributed by atoms with Crippen molar-refractivity contribution in [3.63, 3.8) is 0 Å². The first-order valence-electron chi connectivity index (χ1n) is 4.17. The van der Waals surface area contributed by atoms with Crippen molar-refractivity contribution in [1.82, 2.24) is 4.98 Å². The van der Waals surface area contributed by atoms with Gasteiger partial charge in [-0.2, -0.15) is 0 Å². The Morgan fingerprint density at radius 3 is 2.80 bits per heavy atom. The zero-order valence-electron chi connectivity index (χ0n) is 7.51. The van der Waals surface area contributed by atoms with Gasteiger partial charge in [0.05, 0.1) is 17.6 Å². The molecule has 0 bridgehead atoms. The van der Waals surface area contributed by atoms with Crippen LogP contribution in [0.1, 0.15) is 5.89 Å². The standard InChI is InChI=1S/C10H6Cl2FNO/c11-4-10-14-5-9(15-10)7-2-1-6(12)3-8(7)13/h1-3,5H,4H2. The van der Waals surface area contributed by atoms with E-state index >= 15 is 0 Å². The Morgan fingerprint density at radius 1 is 1.40 bits per heavy atom. The summed E-state index contributed by atoms with van der Waals surface area (Å²) < 4.78 is 18.7. The largest absolute Gasteiger partial charge is 0.439 e. The average molecular weight is 246 g/mol. The number of nitrogens with zero attached hydrogens (tertiary/aromatic N) is 1. The van der Waals surface area contributed by atoms with Gasteiger partial charge in [0, 0.05) is 5.02 Å². The van der Waals surface area contributed by atoms with Gasteiger partial charge in [-0.1, -0.05) is 11.6 Å². The normalized spacial score (nSPS) is 10.6. The van der Waals surface area contributed by atoms with Crippen LogP contribution >= 0.6 is 23.2 Å². The monoisotopic (exact) mass is 245 g/mol. The van der Waals surface area contributed by atoms with Crippen molar-refractivity contribution in [3.05, 3.63) is 41.1 Å². The molecule has 0 unspecified atom stereocenters. The number of benzene rings is 1. The molecule has 0 atom stereocenters. The first kappa shape index (κ1) is 10.5. The number of rotatable bonds is 2. The highest BCUT2D eigenvalue weighted by atomic mass is 35.5. The Balaban J connectivity index is 2.44. The van der Waals surface area contributed by atoms with Gasteiger partial charge in [-0.15, -0.1) is 11.6 Å². The van der Waals surface area contributed by atoms with Gasteiger partial charge in [0.25, 0.3) is 0 Å². The Labute approximate surface area is 95.6 Å². The highest BCUT2D eigenvalue weighted by Crippen LogP contribution is 2.26. The zero-order chi connectivity index (χ0) is 10.8. The SMILES string of the molecule is Fc1cc(Cl)ccc1-c1cnc(CCl)o1. The van der Waals surface area contributed by atoms with E-state index < -0.39 is 5.82 Å². The molecule has 0 radical (unpaired) electrons. The molecular formula is C10H6Cl2FNO. The van der Waals surface area contributed by atoms with Crippen LogP contribution in [0.5, 0.6) is 0 Å². The molecule has 2 rings (SSSR count). The molecule has 0 saturated carbocycles. The van der Waals surface area contributed by atoms with Crippen molar-refractivity contribution in [3.8, 4) is 11.3 Å². The van der Waals surface area contributed by atoms with Gasteiger partial charge in [-0.3, -0.25) is 0 Å². The third-order valence-corrected chi connectivity index (χ3v) is 2.33. The minimum Gasteiger partial charge on any atom is -0.439 e. The lowest BCUT2D eigenvalue weighted by Gasteiger charge is -1.98. The summed E-state index contributed by atoms with van der Waals surface area (Å²) in [5.41, 5.74) is 0.322. The molecule has 1 aromatic carbocycles. The summed E-state index contributed by atoms with van der Waals surface area (Å²) in [6.45, 7) is 0. The molecule has 0 aliphatic heterocycles. The molecule has 15 heavy (non-hydrogen) atoms. The fourth-order valence-corrected chi connectivity index (χ4v) is 1.47. The minimum absolute atomic E-state index is 0.162. The molecule has 78 valence electrons. The molecule has 1 heterocycles. The summed E-state index contributed by atoms with van der Waals surface area (Å²) in [6, 6.07) is 4.35. The number of halogens is 3. The Bertz CT molecular complexity index is 484. The van der Waals surface area contributed by atoms with Crippen LogP contribution < -0.4 is 0 Å². The molecule has 0 aliphatic rings. The number of hydrogen-bond acceptors (Lipinski definition) is 2. The van der Waals surface area contributed by atoms with Crippen molar-refractivity contribution >= 4 is 23.2 Å². The summed E-state index contributed by atoms with van der Waals surface area (Å²) in [7, 11) is 0. The lowest BCUT2D eigenvalue weighted by Crippen LogP contribution is -1.81. The van der Waals surface area contributed by atoms with Crippen molar-refractivity contribution < 1.29 is 8.81 Å². The molecule has 0 spiro atoms. The Hall–Kier alpha value is -1.06. The quantitative estimate of drug-likeness (QED) is 0.751.